The van der Waals surface area contributed by atoms with Crippen LogP contribution in [0, 0.1) is 0 Å². The lowest BCUT2D eigenvalue weighted by Gasteiger charge is -2.09. The zero-order chi connectivity index (χ0) is 17.8. The number of nitrogens with one attached hydrogen (secondary N) is 1. The third-order valence-corrected chi connectivity index (χ3v) is 4.60. The average Bonchev–Trinajstić information content (AvgIpc) is 3.09. The van der Waals surface area contributed by atoms with Crippen LogP contribution in [0.3, 0.4) is 0 Å². The fraction of sp³-hybridized carbons (Fsp3) is 0.118. The number of anilines is 1. The Labute approximate surface area is 153 Å². The Morgan fingerprint density at radius 3 is 2.64 bits per heavy atom. The average molecular weight is 376 g/mol. The molecule has 0 spiro atoms. The minimum absolute atomic E-state index is 0.346. The van der Waals surface area contributed by atoms with Crippen LogP contribution >= 0.6 is 22.9 Å². The molecule has 25 heavy (non-hydrogen) atoms. The largest absolute Gasteiger partial charge is 0.497 e. The monoisotopic (exact) mass is 375 g/mol. The van der Waals surface area contributed by atoms with Crippen molar-refractivity contribution < 1.29 is 14.3 Å². The molecular weight excluding hydrogens is 362 g/mol. The van der Waals surface area contributed by atoms with Crippen LogP contribution < -0.4 is 14.8 Å². The van der Waals surface area contributed by atoms with Crippen molar-refractivity contribution in [2.75, 3.05) is 19.5 Å². The van der Waals surface area contributed by atoms with Gasteiger partial charge in [-0.3, -0.25) is 10.1 Å². The molecule has 0 saturated carbocycles. The Morgan fingerprint density at radius 2 is 1.92 bits per heavy atom. The number of carbonyl (C=O) groups is 1. The minimum atomic E-state index is -0.346. The van der Waals surface area contributed by atoms with Crippen molar-refractivity contribution in [3.8, 4) is 22.1 Å². The minimum Gasteiger partial charge on any atom is -0.497 e. The molecule has 1 N–H and O–H groups in total. The van der Waals surface area contributed by atoms with E-state index in [4.69, 9.17) is 21.1 Å². The Morgan fingerprint density at radius 1 is 1.12 bits per heavy atom. The number of halogens is 1. The molecule has 8 heteroatoms. The molecular formula is C17H14ClN3O3S. The number of hydrogen-bond acceptors (Lipinski definition) is 6. The number of hydrogen-bond donors (Lipinski definition) is 1. The number of aromatic nitrogens is 2. The summed E-state index contributed by atoms with van der Waals surface area (Å²) in [6, 6.07) is 12.3. The maximum Gasteiger partial charge on any atom is 0.261 e. The highest BCUT2D eigenvalue weighted by Gasteiger charge is 2.16. The second kappa shape index (κ2) is 7.50. The lowest BCUT2D eigenvalue weighted by atomic mass is 10.2. The first kappa shape index (κ1) is 17.2. The van der Waals surface area contributed by atoms with E-state index >= 15 is 0 Å². The molecule has 2 aromatic carbocycles. The first-order valence-electron chi connectivity index (χ1n) is 7.24. The van der Waals surface area contributed by atoms with Crippen molar-refractivity contribution in [1.82, 2.24) is 10.2 Å². The fourth-order valence-corrected chi connectivity index (χ4v) is 3.23. The summed E-state index contributed by atoms with van der Waals surface area (Å²) in [5.74, 6) is 0.666. The van der Waals surface area contributed by atoms with E-state index in [1.807, 2.05) is 18.2 Å². The highest BCUT2D eigenvalue weighted by atomic mass is 35.5. The summed E-state index contributed by atoms with van der Waals surface area (Å²) in [5, 5.41) is 12.4. The first-order chi connectivity index (χ1) is 12.1. The van der Waals surface area contributed by atoms with E-state index in [1.54, 1.807) is 31.4 Å². The molecule has 1 aromatic heterocycles. The van der Waals surface area contributed by atoms with Crippen molar-refractivity contribution in [3.05, 3.63) is 53.1 Å². The quantitative estimate of drug-likeness (QED) is 0.725. The maximum atomic E-state index is 12.5. The molecule has 0 radical (unpaired) electrons. The van der Waals surface area contributed by atoms with Crippen LogP contribution in [-0.4, -0.2) is 30.3 Å². The van der Waals surface area contributed by atoms with Crippen LogP contribution in [0.1, 0.15) is 10.4 Å². The molecule has 0 unspecified atom stereocenters. The Hall–Kier alpha value is -2.64. The van der Waals surface area contributed by atoms with E-state index in [0.29, 0.717) is 32.2 Å². The number of benzene rings is 2. The molecule has 1 amide bonds. The summed E-state index contributed by atoms with van der Waals surface area (Å²) in [6.45, 7) is 0. The topological polar surface area (TPSA) is 73.3 Å². The fourth-order valence-electron chi connectivity index (χ4n) is 2.17. The molecule has 3 aromatic rings. The normalized spacial score (nSPS) is 10.4. The number of ether oxygens (including phenoxy) is 2. The smallest absolute Gasteiger partial charge is 0.261 e. The first-order valence-corrected chi connectivity index (χ1v) is 8.43. The van der Waals surface area contributed by atoms with Gasteiger partial charge in [-0.05, 0) is 18.2 Å². The molecule has 0 saturated heterocycles. The Kier molecular flexibility index (Phi) is 5.16. The van der Waals surface area contributed by atoms with Gasteiger partial charge in [0.25, 0.3) is 5.91 Å². The molecule has 0 aliphatic rings. The van der Waals surface area contributed by atoms with E-state index in [9.17, 15) is 4.79 Å². The van der Waals surface area contributed by atoms with Gasteiger partial charge in [0.2, 0.25) is 5.13 Å². The zero-order valence-electron chi connectivity index (χ0n) is 13.4. The lowest BCUT2D eigenvalue weighted by Crippen LogP contribution is -2.13. The summed E-state index contributed by atoms with van der Waals surface area (Å²) < 4.78 is 10.4. The third-order valence-electron chi connectivity index (χ3n) is 3.40. The van der Waals surface area contributed by atoms with Crippen LogP contribution in [0.4, 0.5) is 5.13 Å². The Balaban J connectivity index is 1.82. The van der Waals surface area contributed by atoms with Gasteiger partial charge in [-0.2, -0.15) is 0 Å². The van der Waals surface area contributed by atoms with Gasteiger partial charge in [-0.15, -0.1) is 10.2 Å². The summed E-state index contributed by atoms with van der Waals surface area (Å²) in [7, 11) is 3.04. The van der Waals surface area contributed by atoms with Crippen LogP contribution in [0.2, 0.25) is 5.02 Å². The highest BCUT2D eigenvalue weighted by Crippen LogP contribution is 2.32. The number of rotatable bonds is 5. The van der Waals surface area contributed by atoms with Gasteiger partial charge in [0.15, 0.2) is 5.01 Å². The van der Waals surface area contributed by atoms with E-state index in [2.05, 4.69) is 15.5 Å². The van der Waals surface area contributed by atoms with Crippen LogP contribution in [0.25, 0.3) is 10.6 Å². The molecule has 3 rings (SSSR count). The molecule has 0 bridgehead atoms. The Bertz CT molecular complexity index is 914. The van der Waals surface area contributed by atoms with E-state index in [1.165, 1.54) is 18.4 Å². The van der Waals surface area contributed by atoms with Crippen molar-refractivity contribution in [1.29, 1.82) is 0 Å². The molecule has 0 fully saturated rings. The zero-order valence-corrected chi connectivity index (χ0v) is 15.0. The van der Waals surface area contributed by atoms with Gasteiger partial charge in [0.05, 0.1) is 24.8 Å². The number of nitrogens with zero attached hydrogens (tertiary/aromatic N) is 2. The van der Waals surface area contributed by atoms with Crippen molar-refractivity contribution >= 4 is 34.0 Å². The summed E-state index contributed by atoms with van der Waals surface area (Å²) in [5.41, 5.74) is 1.14. The van der Waals surface area contributed by atoms with Crippen molar-refractivity contribution in [2.45, 2.75) is 0 Å². The molecule has 0 atom stereocenters. The van der Waals surface area contributed by atoms with Gasteiger partial charge < -0.3 is 9.47 Å². The summed E-state index contributed by atoms with van der Waals surface area (Å²) in [6.07, 6.45) is 0. The van der Waals surface area contributed by atoms with E-state index in [-0.39, 0.29) is 5.91 Å². The van der Waals surface area contributed by atoms with Crippen molar-refractivity contribution in [3.63, 3.8) is 0 Å². The third kappa shape index (κ3) is 3.72. The lowest BCUT2D eigenvalue weighted by molar-refractivity contribution is 0.102. The van der Waals surface area contributed by atoms with Gasteiger partial charge in [0, 0.05) is 11.6 Å². The molecule has 0 aliphatic heterocycles. The predicted molar refractivity (Wildman–Crippen MR) is 97.9 cm³/mol. The molecule has 6 nitrogen and oxygen atoms in total. The van der Waals surface area contributed by atoms with Gasteiger partial charge in [0.1, 0.15) is 11.5 Å². The molecule has 0 aliphatic carbocycles. The van der Waals surface area contributed by atoms with Crippen molar-refractivity contribution in [2.24, 2.45) is 0 Å². The highest BCUT2D eigenvalue weighted by molar-refractivity contribution is 7.18. The van der Waals surface area contributed by atoms with Crippen LogP contribution in [0.5, 0.6) is 11.5 Å². The van der Waals surface area contributed by atoms with E-state index < -0.39 is 0 Å². The second-order valence-corrected chi connectivity index (χ2v) is 6.30. The SMILES string of the molecule is COc1ccc(C(=O)Nc2nnc(-c3ccccc3Cl)s2)c(OC)c1. The maximum absolute atomic E-state index is 12.5. The second-order valence-electron chi connectivity index (χ2n) is 4.91. The number of methoxy groups -OCH3 is 2. The van der Waals surface area contributed by atoms with Gasteiger partial charge >= 0.3 is 0 Å². The number of amides is 1. The molecule has 1 heterocycles. The predicted octanol–water partition coefficient (Wildman–Crippen LogP) is 4.13. The van der Waals surface area contributed by atoms with Gasteiger partial charge in [-0.1, -0.05) is 41.1 Å². The van der Waals surface area contributed by atoms with E-state index in [0.717, 1.165) is 5.56 Å². The van der Waals surface area contributed by atoms with Gasteiger partial charge in [-0.25, -0.2) is 0 Å². The molecule has 128 valence electrons. The standard InChI is InChI=1S/C17H14ClN3O3S/c1-23-10-7-8-12(14(9-10)24-2)15(22)19-17-21-20-16(25-17)11-5-3-4-6-13(11)18/h3-9H,1-2H3,(H,19,21,22). The number of carbonyl (C=O) groups excluding carboxylic acids is 1. The van der Waals surface area contributed by atoms with Crippen LogP contribution in [0.15, 0.2) is 42.5 Å². The summed E-state index contributed by atoms with van der Waals surface area (Å²) >= 11 is 7.40. The summed E-state index contributed by atoms with van der Waals surface area (Å²) in [4.78, 5) is 12.5. The van der Waals surface area contributed by atoms with Crippen LogP contribution in [-0.2, 0) is 0 Å².